The fourth-order valence-corrected chi connectivity index (χ4v) is 3.93. The van der Waals surface area contributed by atoms with Crippen LogP contribution in [-0.2, 0) is 9.84 Å². The van der Waals surface area contributed by atoms with Crippen LogP contribution in [0.15, 0.2) is 52.3 Å². The minimum absolute atomic E-state index is 0.0745. The fourth-order valence-electron chi connectivity index (χ4n) is 2.40. The van der Waals surface area contributed by atoms with Gasteiger partial charge in [0.25, 0.3) is 5.69 Å². The summed E-state index contributed by atoms with van der Waals surface area (Å²) < 4.78 is 23.7. The van der Waals surface area contributed by atoms with Gasteiger partial charge in [-0.05, 0) is 42.5 Å². The number of thioether (sulfide) groups is 1. The third kappa shape index (κ3) is 4.96. The first-order valence-corrected chi connectivity index (χ1v) is 10.6. The molecule has 0 aliphatic carbocycles. The van der Waals surface area contributed by atoms with Gasteiger partial charge in [-0.15, -0.1) is 11.8 Å². The van der Waals surface area contributed by atoms with Gasteiger partial charge in [-0.3, -0.25) is 10.1 Å². The van der Waals surface area contributed by atoms with Crippen molar-refractivity contribution in [1.29, 1.82) is 0 Å². The predicted octanol–water partition coefficient (Wildman–Crippen LogP) is 4.28. The second-order valence-electron chi connectivity index (χ2n) is 5.58. The average Bonchev–Trinajstić information content (AvgIpc) is 2.54. The molecule has 2 rings (SSSR count). The number of sulfone groups is 1. The maximum absolute atomic E-state index is 11.8. The zero-order valence-corrected chi connectivity index (χ0v) is 15.9. The number of hydrogen-bond donors (Lipinski definition) is 1. The summed E-state index contributed by atoms with van der Waals surface area (Å²) in [6, 6.07) is 12.1. The van der Waals surface area contributed by atoms with E-state index in [2.05, 4.69) is 12.2 Å². The van der Waals surface area contributed by atoms with Gasteiger partial charge >= 0.3 is 0 Å². The van der Waals surface area contributed by atoms with Crippen molar-refractivity contribution >= 4 is 33.0 Å². The summed E-state index contributed by atoms with van der Waals surface area (Å²) in [5.41, 5.74) is 1.15. The SMILES string of the molecule is CCSc1ccc(C(C)Nc2ccc([N+](=O)[O-])c(S(C)(=O)=O)c2)cc1. The molecule has 1 unspecified atom stereocenters. The van der Waals surface area contributed by atoms with E-state index in [0.717, 1.165) is 17.6 Å². The Morgan fingerprint density at radius 2 is 1.84 bits per heavy atom. The normalized spacial score (nSPS) is 12.6. The Hall–Kier alpha value is -2.06. The number of hydrogen-bond acceptors (Lipinski definition) is 6. The van der Waals surface area contributed by atoms with Gasteiger partial charge in [0.05, 0.1) is 4.92 Å². The van der Waals surface area contributed by atoms with Gasteiger partial charge < -0.3 is 5.32 Å². The van der Waals surface area contributed by atoms with Crippen LogP contribution in [0.4, 0.5) is 11.4 Å². The highest BCUT2D eigenvalue weighted by molar-refractivity contribution is 7.99. The topological polar surface area (TPSA) is 89.3 Å². The van der Waals surface area contributed by atoms with Crippen LogP contribution in [0.3, 0.4) is 0 Å². The molecule has 8 heteroatoms. The number of rotatable bonds is 7. The van der Waals surface area contributed by atoms with Crippen molar-refractivity contribution in [3.05, 3.63) is 58.1 Å². The van der Waals surface area contributed by atoms with Crippen molar-refractivity contribution < 1.29 is 13.3 Å². The maximum atomic E-state index is 11.8. The molecular formula is C17H20N2O4S2. The van der Waals surface area contributed by atoms with Gasteiger partial charge in [-0.25, -0.2) is 8.42 Å². The fraction of sp³-hybridized carbons (Fsp3) is 0.294. The highest BCUT2D eigenvalue weighted by Crippen LogP contribution is 2.29. The van der Waals surface area contributed by atoms with E-state index in [1.807, 2.05) is 31.2 Å². The van der Waals surface area contributed by atoms with E-state index in [4.69, 9.17) is 0 Å². The highest BCUT2D eigenvalue weighted by Gasteiger charge is 2.22. The zero-order valence-electron chi connectivity index (χ0n) is 14.2. The third-order valence-corrected chi connectivity index (χ3v) is 5.65. The molecule has 2 aromatic rings. The largest absolute Gasteiger partial charge is 0.378 e. The molecule has 0 saturated carbocycles. The first kappa shape index (κ1) is 19.3. The van der Waals surface area contributed by atoms with Gasteiger partial charge in [0, 0.05) is 28.9 Å². The molecule has 0 amide bonds. The van der Waals surface area contributed by atoms with Gasteiger partial charge in [-0.1, -0.05) is 19.1 Å². The van der Waals surface area contributed by atoms with Gasteiger partial charge in [0.15, 0.2) is 9.84 Å². The van der Waals surface area contributed by atoms with Crippen LogP contribution in [0.2, 0.25) is 0 Å². The quantitative estimate of drug-likeness (QED) is 0.438. The van der Waals surface area contributed by atoms with E-state index >= 15 is 0 Å². The average molecular weight is 380 g/mol. The van der Waals surface area contributed by atoms with E-state index in [1.54, 1.807) is 11.8 Å². The Bertz CT molecular complexity index is 865. The molecule has 1 N–H and O–H groups in total. The Balaban J connectivity index is 2.26. The number of nitrogens with zero attached hydrogens (tertiary/aromatic N) is 1. The lowest BCUT2D eigenvalue weighted by molar-refractivity contribution is -0.387. The molecule has 0 aliphatic heterocycles. The molecule has 0 radical (unpaired) electrons. The Morgan fingerprint density at radius 1 is 1.20 bits per heavy atom. The molecule has 25 heavy (non-hydrogen) atoms. The number of benzene rings is 2. The van der Waals surface area contributed by atoms with Crippen molar-refractivity contribution in [3.63, 3.8) is 0 Å². The number of nitro groups is 1. The Labute approximate surface area is 151 Å². The summed E-state index contributed by atoms with van der Waals surface area (Å²) in [6.45, 7) is 4.04. The Kier molecular flexibility index (Phi) is 6.07. The van der Waals surface area contributed by atoms with Gasteiger partial charge in [-0.2, -0.15) is 0 Å². The summed E-state index contributed by atoms with van der Waals surface area (Å²) in [7, 11) is -3.70. The van der Waals surface area contributed by atoms with Crippen molar-refractivity contribution in [2.45, 2.75) is 29.7 Å². The standard InChI is InChI=1S/C17H20N2O4S2/c1-4-24-15-8-5-13(6-9-15)12(2)18-14-7-10-16(19(20)21)17(11-14)25(3,22)23/h5-12,18H,4H2,1-3H3. The van der Waals surface area contributed by atoms with E-state index < -0.39 is 20.4 Å². The lowest BCUT2D eigenvalue weighted by Crippen LogP contribution is -2.08. The van der Waals surface area contributed by atoms with Crippen LogP contribution in [0.5, 0.6) is 0 Å². The van der Waals surface area contributed by atoms with E-state index in [1.165, 1.54) is 23.1 Å². The minimum Gasteiger partial charge on any atom is -0.378 e. The summed E-state index contributed by atoms with van der Waals surface area (Å²) in [6.07, 6.45) is 0.965. The monoisotopic (exact) mass is 380 g/mol. The molecule has 0 saturated heterocycles. The smallest absolute Gasteiger partial charge is 0.288 e. The van der Waals surface area contributed by atoms with E-state index in [9.17, 15) is 18.5 Å². The predicted molar refractivity (Wildman–Crippen MR) is 101 cm³/mol. The number of nitrogens with one attached hydrogen (secondary N) is 1. The Morgan fingerprint density at radius 3 is 2.36 bits per heavy atom. The first-order chi connectivity index (χ1) is 11.7. The molecule has 2 aromatic carbocycles. The molecular weight excluding hydrogens is 360 g/mol. The van der Waals surface area contributed by atoms with Crippen LogP contribution in [-0.4, -0.2) is 25.3 Å². The lowest BCUT2D eigenvalue weighted by Gasteiger charge is -2.16. The molecule has 0 bridgehead atoms. The van der Waals surface area contributed by atoms with Gasteiger partial charge in [0.2, 0.25) is 0 Å². The maximum Gasteiger partial charge on any atom is 0.288 e. The van der Waals surface area contributed by atoms with Crippen molar-refractivity contribution in [1.82, 2.24) is 0 Å². The number of nitro benzene ring substituents is 1. The van der Waals surface area contributed by atoms with Crippen LogP contribution >= 0.6 is 11.8 Å². The molecule has 0 spiro atoms. The molecule has 0 aromatic heterocycles. The third-order valence-electron chi connectivity index (χ3n) is 3.63. The van der Waals surface area contributed by atoms with Crippen molar-refractivity contribution in [2.75, 3.05) is 17.3 Å². The minimum atomic E-state index is -3.70. The molecule has 0 fully saturated rings. The molecule has 134 valence electrons. The summed E-state index contributed by atoms with van der Waals surface area (Å²) in [5, 5.41) is 14.2. The summed E-state index contributed by atoms with van der Waals surface area (Å²) >= 11 is 1.76. The van der Waals surface area contributed by atoms with Crippen molar-refractivity contribution in [3.8, 4) is 0 Å². The lowest BCUT2D eigenvalue weighted by atomic mass is 10.1. The van der Waals surface area contributed by atoms with Crippen LogP contribution in [0.1, 0.15) is 25.5 Å². The van der Waals surface area contributed by atoms with Crippen LogP contribution in [0.25, 0.3) is 0 Å². The van der Waals surface area contributed by atoms with E-state index in [-0.39, 0.29) is 10.9 Å². The van der Waals surface area contributed by atoms with Crippen LogP contribution < -0.4 is 5.32 Å². The summed E-state index contributed by atoms with van der Waals surface area (Å²) in [5.74, 6) is 1.00. The second kappa shape index (κ2) is 7.88. The highest BCUT2D eigenvalue weighted by atomic mass is 32.2. The number of anilines is 1. The molecule has 6 nitrogen and oxygen atoms in total. The van der Waals surface area contributed by atoms with Crippen molar-refractivity contribution in [2.24, 2.45) is 0 Å². The van der Waals surface area contributed by atoms with Crippen LogP contribution in [0, 0.1) is 10.1 Å². The second-order valence-corrected chi connectivity index (χ2v) is 8.90. The van der Waals surface area contributed by atoms with E-state index in [0.29, 0.717) is 5.69 Å². The molecule has 0 heterocycles. The molecule has 0 aliphatic rings. The molecule has 1 atom stereocenters. The first-order valence-electron chi connectivity index (χ1n) is 7.70. The van der Waals surface area contributed by atoms with Gasteiger partial charge in [0.1, 0.15) is 4.90 Å². The zero-order chi connectivity index (χ0) is 18.6. The summed E-state index contributed by atoms with van der Waals surface area (Å²) in [4.78, 5) is 11.2.